The number of rotatable bonds is 13. The summed E-state index contributed by atoms with van der Waals surface area (Å²) in [6, 6.07) is 118. The van der Waals surface area contributed by atoms with E-state index in [0.29, 0.717) is 0 Å². The van der Waals surface area contributed by atoms with Gasteiger partial charge in [0.05, 0.1) is 22.7 Å². The fraction of sp³-hybridized carbons (Fsp3) is 0. The predicted molar refractivity (Wildman–Crippen MR) is 341 cm³/mol. The molecular weight excluding hydrogens is 969 g/mol. The quantitative estimate of drug-likeness (QED) is 0.114. The molecule has 4 nitrogen and oxygen atoms in total. The van der Waals surface area contributed by atoms with Crippen molar-refractivity contribution in [2.45, 2.75) is 0 Å². The molecule has 0 fully saturated rings. The Hall–Kier alpha value is -10.7. The van der Waals surface area contributed by atoms with Crippen molar-refractivity contribution in [1.29, 1.82) is 0 Å². The van der Waals surface area contributed by atoms with Crippen LogP contribution in [0, 0.1) is 0 Å². The molecule has 0 radical (unpaired) electrons. The van der Waals surface area contributed by atoms with E-state index in [1.54, 1.807) is 0 Å². The number of para-hydroxylation sites is 4. The first-order valence-electron chi connectivity index (χ1n) is 27.3. The average Bonchev–Trinajstić information content (AvgIpc) is 3.53. The maximum Gasteiger partial charge on any atom is 0.0541 e. The van der Waals surface area contributed by atoms with Crippen molar-refractivity contribution in [3.63, 3.8) is 0 Å². The van der Waals surface area contributed by atoms with E-state index in [1.165, 1.54) is 21.5 Å². The SMILES string of the molecule is c1ccc(N(c2ccc(-c3ccc(N(c4ccccc4)c4ccc(N(c5ccccc5)c5ccc6ccccc6c5)c5ccccc45)cc3)cc2)c2ccc(N(c3ccccc3)c3ccc4ccccc4c3)c3ccccc23)cc1. The predicted octanol–water partition coefficient (Wildman–Crippen LogP) is 21.8. The summed E-state index contributed by atoms with van der Waals surface area (Å²) in [6.45, 7) is 0. The molecule has 0 spiro atoms. The van der Waals surface area contributed by atoms with Gasteiger partial charge in [0.25, 0.3) is 0 Å². The first kappa shape index (κ1) is 47.7. The van der Waals surface area contributed by atoms with E-state index >= 15 is 0 Å². The van der Waals surface area contributed by atoms with E-state index in [1.807, 2.05) is 0 Å². The van der Waals surface area contributed by atoms with Gasteiger partial charge in [-0.1, -0.05) is 206 Å². The minimum absolute atomic E-state index is 1.07. The van der Waals surface area contributed by atoms with E-state index in [9.17, 15) is 0 Å². The molecule has 0 unspecified atom stereocenters. The molecule has 14 aromatic rings. The van der Waals surface area contributed by atoms with E-state index in [4.69, 9.17) is 0 Å². The summed E-state index contributed by atoms with van der Waals surface area (Å²) in [5, 5.41) is 9.46. The Morgan fingerprint density at radius 3 is 0.675 bits per heavy atom. The Balaban J connectivity index is 0.821. The number of nitrogens with zero attached hydrogens (tertiary/aromatic N) is 4. The van der Waals surface area contributed by atoms with Crippen LogP contribution in [0.1, 0.15) is 0 Å². The minimum atomic E-state index is 1.07. The van der Waals surface area contributed by atoms with Crippen LogP contribution < -0.4 is 19.6 Å². The lowest BCUT2D eigenvalue weighted by Crippen LogP contribution is -2.13. The Morgan fingerprint density at radius 1 is 0.150 bits per heavy atom. The summed E-state index contributed by atoms with van der Waals surface area (Å²) in [5.41, 5.74) is 15.4. The van der Waals surface area contributed by atoms with Crippen molar-refractivity contribution in [3.8, 4) is 11.1 Å². The molecule has 0 heterocycles. The molecule has 80 heavy (non-hydrogen) atoms. The molecule has 0 aromatic heterocycles. The lowest BCUT2D eigenvalue weighted by atomic mass is 10.0. The molecule has 378 valence electrons. The first-order chi connectivity index (χ1) is 39.7. The molecule has 14 aromatic carbocycles. The van der Waals surface area contributed by atoms with Gasteiger partial charge in [0.1, 0.15) is 0 Å². The molecule has 0 saturated heterocycles. The van der Waals surface area contributed by atoms with Crippen LogP contribution in [0.5, 0.6) is 0 Å². The van der Waals surface area contributed by atoms with Crippen LogP contribution in [0.25, 0.3) is 54.2 Å². The fourth-order valence-electron chi connectivity index (χ4n) is 11.6. The van der Waals surface area contributed by atoms with E-state index in [0.717, 1.165) is 101 Å². The van der Waals surface area contributed by atoms with Crippen molar-refractivity contribution in [2.75, 3.05) is 19.6 Å². The van der Waals surface area contributed by atoms with E-state index in [2.05, 4.69) is 347 Å². The van der Waals surface area contributed by atoms with Crippen LogP contribution in [-0.2, 0) is 0 Å². The summed E-state index contributed by atoms with van der Waals surface area (Å²) >= 11 is 0. The zero-order valence-electron chi connectivity index (χ0n) is 44.0. The van der Waals surface area contributed by atoms with Gasteiger partial charge in [0, 0.05) is 67.0 Å². The maximum absolute atomic E-state index is 2.39. The van der Waals surface area contributed by atoms with Gasteiger partial charge in [0.2, 0.25) is 0 Å². The Kier molecular flexibility index (Phi) is 12.6. The summed E-state index contributed by atoms with van der Waals surface area (Å²) in [5.74, 6) is 0. The van der Waals surface area contributed by atoms with Gasteiger partial charge in [0.15, 0.2) is 0 Å². The second kappa shape index (κ2) is 21.0. The molecule has 14 rings (SSSR count). The summed E-state index contributed by atoms with van der Waals surface area (Å²) in [4.78, 5) is 9.54. The number of fused-ring (bicyclic) bond motifs is 4. The van der Waals surface area contributed by atoms with E-state index < -0.39 is 0 Å². The van der Waals surface area contributed by atoms with Crippen molar-refractivity contribution < 1.29 is 0 Å². The zero-order valence-corrected chi connectivity index (χ0v) is 44.0. The summed E-state index contributed by atoms with van der Waals surface area (Å²) in [7, 11) is 0. The molecular formula is C76H54N4. The van der Waals surface area contributed by atoms with Crippen LogP contribution in [-0.4, -0.2) is 0 Å². The number of benzene rings is 14. The highest BCUT2D eigenvalue weighted by molar-refractivity contribution is 6.09. The third kappa shape index (κ3) is 9.01. The molecule has 0 aliphatic heterocycles. The topological polar surface area (TPSA) is 13.0 Å². The smallest absolute Gasteiger partial charge is 0.0541 e. The van der Waals surface area contributed by atoms with Gasteiger partial charge in [-0.05, 0) is 154 Å². The van der Waals surface area contributed by atoms with Crippen LogP contribution in [0.3, 0.4) is 0 Å². The Bertz CT molecular complexity index is 4180. The molecule has 0 aliphatic carbocycles. The normalized spacial score (nSPS) is 11.2. The molecule has 0 bridgehead atoms. The maximum atomic E-state index is 2.39. The summed E-state index contributed by atoms with van der Waals surface area (Å²) in [6.07, 6.45) is 0. The number of anilines is 12. The van der Waals surface area contributed by atoms with Crippen LogP contribution in [0.2, 0.25) is 0 Å². The lowest BCUT2D eigenvalue weighted by molar-refractivity contribution is 1.28. The standard InChI is InChI=1S/C76H54N4/c1-5-25-61(26-6-1)77(73-49-51-75(71-35-19-17-33-69(71)73)79(63-29-9-3-10-30-63)67-47-41-55-21-13-15-23-59(55)53-67)65-43-37-57(38-44-65)58-39-45-66(46-40-58)78(62-27-7-2-8-28-62)74-50-52-76(72-36-20-18-34-70(72)74)80(64-31-11-4-12-32-64)68-48-42-56-22-14-16-24-60(56)54-68/h1-54H. The van der Waals surface area contributed by atoms with Crippen molar-refractivity contribution in [1.82, 2.24) is 0 Å². The van der Waals surface area contributed by atoms with Gasteiger partial charge < -0.3 is 19.6 Å². The fourth-order valence-corrected chi connectivity index (χ4v) is 11.6. The molecule has 0 saturated carbocycles. The minimum Gasteiger partial charge on any atom is -0.310 e. The molecule has 0 N–H and O–H groups in total. The van der Waals surface area contributed by atoms with Gasteiger partial charge in [-0.25, -0.2) is 0 Å². The van der Waals surface area contributed by atoms with Crippen molar-refractivity contribution >= 4 is 111 Å². The highest BCUT2D eigenvalue weighted by Crippen LogP contribution is 2.48. The Labute approximate surface area is 467 Å². The highest BCUT2D eigenvalue weighted by atomic mass is 15.2. The third-order valence-electron chi connectivity index (χ3n) is 15.3. The van der Waals surface area contributed by atoms with Crippen molar-refractivity contribution in [3.05, 3.63) is 328 Å². The largest absolute Gasteiger partial charge is 0.310 e. The van der Waals surface area contributed by atoms with Crippen LogP contribution >= 0.6 is 0 Å². The number of hydrogen-bond acceptors (Lipinski definition) is 4. The Morgan fingerprint density at radius 2 is 0.375 bits per heavy atom. The molecule has 0 amide bonds. The lowest BCUT2D eigenvalue weighted by Gasteiger charge is -2.31. The van der Waals surface area contributed by atoms with Gasteiger partial charge in [-0.15, -0.1) is 0 Å². The average molecular weight is 1020 g/mol. The second-order valence-electron chi connectivity index (χ2n) is 20.1. The second-order valence-corrected chi connectivity index (χ2v) is 20.1. The summed E-state index contributed by atoms with van der Waals surface area (Å²) < 4.78 is 0. The first-order valence-corrected chi connectivity index (χ1v) is 27.3. The van der Waals surface area contributed by atoms with Gasteiger partial charge >= 0.3 is 0 Å². The van der Waals surface area contributed by atoms with Crippen molar-refractivity contribution in [2.24, 2.45) is 0 Å². The van der Waals surface area contributed by atoms with Crippen LogP contribution in [0.15, 0.2) is 328 Å². The van der Waals surface area contributed by atoms with Gasteiger partial charge in [-0.2, -0.15) is 0 Å². The zero-order chi connectivity index (χ0) is 53.2. The highest BCUT2D eigenvalue weighted by Gasteiger charge is 2.23. The molecule has 4 heteroatoms. The third-order valence-corrected chi connectivity index (χ3v) is 15.3. The monoisotopic (exact) mass is 1020 g/mol. The number of hydrogen-bond donors (Lipinski definition) is 0. The molecule has 0 aliphatic rings. The van der Waals surface area contributed by atoms with E-state index in [-0.39, 0.29) is 0 Å². The van der Waals surface area contributed by atoms with Crippen LogP contribution in [0.4, 0.5) is 68.2 Å². The van der Waals surface area contributed by atoms with Gasteiger partial charge in [-0.3, -0.25) is 0 Å². The molecule has 0 atom stereocenters.